The number of fused-ring (bicyclic) bond motifs is 2. The van der Waals surface area contributed by atoms with Crippen LogP contribution in [0.4, 0.5) is 13.6 Å². The van der Waals surface area contributed by atoms with E-state index < -0.39 is 71.9 Å². The molecule has 10 nitrogen and oxygen atoms in total. The van der Waals surface area contributed by atoms with Crippen LogP contribution in [0.1, 0.15) is 59.8 Å². The van der Waals surface area contributed by atoms with E-state index in [1.807, 2.05) is 0 Å². The Balaban J connectivity index is 2.34. The van der Waals surface area contributed by atoms with Crippen molar-refractivity contribution in [1.82, 2.24) is 20.9 Å². The highest BCUT2D eigenvalue weighted by molar-refractivity contribution is 6.38. The number of amides is 4. The first-order chi connectivity index (χ1) is 16.6. The molecule has 0 spiro atoms. The number of alkyl carbamates (subject to hydrolysis) is 1. The molecule has 2 rings (SSSR count). The largest absolute Gasteiger partial charge is 0.453 e. The summed E-state index contributed by atoms with van der Waals surface area (Å²) in [6.45, 7) is 6.27. The molecule has 1 aliphatic carbocycles. The second-order valence-corrected chi connectivity index (χ2v) is 10.9. The van der Waals surface area contributed by atoms with Crippen LogP contribution in [0, 0.1) is 17.3 Å². The van der Waals surface area contributed by atoms with E-state index in [9.17, 15) is 32.8 Å². The SMILES string of the molecule is CNC(=O)C(=O)[C@H](CCC(C)(F)F)NC(=O)[C@@H]1C2CCC(C2)CN1C(=O)[C@@H](NC(=O)OC)C(C)(C)C. The normalized spacial score (nSPS) is 23.3. The van der Waals surface area contributed by atoms with E-state index in [4.69, 9.17) is 0 Å². The summed E-state index contributed by atoms with van der Waals surface area (Å²) in [5.74, 6) is -6.31. The monoisotopic (exact) mass is 516 g/mol. The molecule has 2 fully saturated rings. The standard InChI is InChI=1S/C24H38F2N4O6/c1-23(2,3)18(29-22(35)36-6)21(34)30-12-13-7-8-14(11-13)16(30)19(32)28-15(9-10-24(4,25)26)17(31)20(33)27-5/h13-16,18H,7-12H2,1-6H3,(H,27,33)(H,28,32)(H,29,35)/t13?,14?,15-,16-,18+/m0/s1. The van der Waals surface area contributed by atoms with Crippen molar-refractivity contribution in [2.24, 2.45) is 17.3 Å². The average molecular weight is 517 g/mol. The van der Waals surface area contributed by atoms with E-state index in [0.29, 0.717) is 19.8 Å². The first-order valence-electron chi connectivity index (χ1n) is 12.2. The van der Waals surface area contributed by atoms with Crippen LogP contribution < -0.4 is 16.0 Å². The Morgan fingerprint density at radius 3 is 2.22 bits per heavy atom. The maximum absolute atomic E-state index is 13.7. The number of ether oxygens (including phenoxy) is 1. The molecule has 0 radical (unpaired) electrons. The van der Waals surface area contributed by atoms with Crippen molar-refractivity contribution in [2.75, 3.05) is 20.7 Å². The van der Waals surface area contributed by atoms with E-state index >= 15 is 0 Å². The van der Waals surface area contributed by atoms with Gasteiger partial charge in [-0.2, -0.15) is 0 Å². The van der Waals surface area contributed by atoms with Crippen LogP contribution in [-0.2, 0) is 23.9 Å². The number of likely N-dealkylation sites (tertiary alicyclic amines) is 1. The Labute approximate surface area is 210 Å². The van der Waals surface area contributed by atoms with Gasteiger partial charge < -0.3 is 25.6 Å². The van der Waals surface area contributed by atoms with Gasteiger partial charge in [0, 0.05) is 20.0 Å². The summed E-state index contributed by atoms with van der Waals surface area (Å²) in [5.41, 5.74) is -0.715. The number of nitrogens with zero attached hydrogens (tertiary/aromatic N) is 1. The number of halogens is 2. The number of carbonyl (C=O) groups excluding carboxylic acids is 5. The summed E-state index contributed by atoms with van der Waals surface area (Å²) >= 11 is 0. The van der Waals surface area contributed by atoms with Crippen LogP contribution >= 0.6 is 0 Å². The fraction of sp³-hybridized carbons (Fsp3) is 0.792. The molecule has 1 saturated heterocycles. The number of piperidine rings is 1. The number of likely N-dealkylation sites (N-methyl/N-ethyl adjacent to an activating group) is 1. The van der Waals surface area contributed by atoms with Gasteiger partial charge in [-0.15, -0.1) is 0 Å². The van der Waals surface area contributed by atoms with Gasteiger partial charge in [0.15, 0.2) is 0 Å². The predicted molar refractivity (Wildman–Crippen MR) is 126 cm³/mol. The number of carbonyl (C=O) groups is 5. The molecular formula is C24H38F2N4O6. The smallest absolute Gasteiger partial charge is 0.407 e. The van der Waals surface area contributed by atoms with Gasteiger partial charge >= 0.3 is 6.09 Å². The zero-order chi connectivity index (χ0) is 27.4. The molecule has 0 aromatic carbocycles. The highest BCUT2D eigenvalue weighted by Gasteiger charge is 2.49. The molecular weight excluding hydrogens is 478 g/mol. The number of hydrogen-bond donors (Lipinski definition) is 3. The van der Waals surface area contributed by atoms with Crippen molar-refractivity contribution >= 4 is 29.6 Å². The molecule has 0 aromatic heterocycles. The van der Waals surface area contributed by atoms with E-state index in [1.54, 1.807) is 20.8 Å². The van der Waals surface area contributed by atoms with Crippen LogP contribution in [-0.4, -0.2) is 79.2 Å². The first kappa shape index (κ1) is 29.4. The first-order valence-corrected chi connectivity index (χ1v) is 12.2. The summed E-state index contributed by atoms with van der Waals surface area (Å²) in [4.78, 5) is 65.1. The van der Waals surface area contributed by atoms with Gasteiger partial charge in [0.25, 0.3) is 5.91 Å². The van der Waals surface area contributed by atoms with Crippen molar-refractivity contribution in [1.29, 1.82) is 0 Å². The summed E-state index contributed by atoms with van der Waals surface area (Å²) < 4.78 is 31.7. The highest BCUT2D eigenvalue weighted by Crippen LogP contribution is 2.41. The van der Waals surface area contributed by atoms with Crippen molar-refractivity contribution in [2.45, 2.75) is 83.8 Å². The predicted octanol–water partition coefficient (Wildman–Crippen LogP) is 1.62. The minimum absolute atomic E-state index is 0.184. The van der Waals surface area contributed by atoms with Gasteiger partial charge in [0.1, 0.15) is 12.1 Å². The lowest BCUT2D eigenvalue weighted by Gasteiger charge is -2.43. The molecule has 2 aliphatic rings. The number of ketones is 1. The molecule has 3 N–H and O–H groups in total. The minimum Gasteiger partial charge on any atom is -0.453 e. The van der Waals surface area contributed by atoms with E-state index in [1.165, 1.54) is 19.1 Å². The molecule has 5 atom stereocenters. The third kappa shape index (κ3) is 7.36. The van der Waals surface area contributed by atoms with Crippen molar-refractivity contribution < 1.29 is 37.5 Å². The number of rotatable bonds is 9. The van der Waals surface area contributed by atoms with Crippen molar-refractivity contribution in [3.8, 4) is 0 Å². The molecule has 1 aliphatic heterocycles. The van der Waals surface area contributed by atoms with Crippen molar-refractivity contribution in [3.05, 3.63) is 0 Å². The van der Waals surface area contributed by atoms with Gasteiger partial charge in [0.2, 0.25) is 23.5 Å². The second-order valence-electron chi connectivity index (χ2n) is 10.9. The number of hydrogen-bond acceptors (Lipinski definition) is 6. The lowest BCUT2D eigenvalue weighted by molar-refractivity contribution is -0.149. The maximum atomic E-state index is 13.7. The molecule has 2 unspecified atom stereocenters. The molecule has 2 bridgehead atoms. The fourth-order valence-corrected chi connectivity index (χ4v) is 4.99. The van der Waals surface area contributed by atoms with Gasteiger partial charge in [-0.3, -0.25) is 19.2 Å². The molecule has 204 valence electrons. The Hall–Kier alpha value is -2.79. The second kappa shape index (κ2) is 11.5. The molecule has 12 heteroatoms. The summed E-state index contributed by atoms with van der Waals surface area (Å²) in [7, 11) is 2.41. The number of methoxy groups -OCH3 is 1. The summed E-state index contributed by atoms with van der Waals surface area (Å²) in [6, 6.07) is -3.44. The molecule has 4 amide bonds. The van der Waals surface area contributed by atoms with Gasteiger partial charge in [-0.1, -0.05) is 20.8 Å². The molecule has 36 heavy (non-hydrogen) atoms. The lowest BCUT2D eigenvalue weighted by Crippen LogP contribution is -2.63. The maximum Gasteiger partial charge on any atom is 0.407 e. The quantitative estimate of drug-likeness (QED) is 0.399. The van der Waals surface area contributed by atoms with Crippen LogP contribution in [0.3, 0.4) is 0 Å². The topological polar surface area (TPSA) is 134 Å². The van der Waals surface area contributed by atoms with E-state index in [2.05, 4.69) is 20.7 Å². The van der Waals surface area contributed by atoms with Crippen LogP contribution in [0.15, 0.2) is 0 Å². The fourth-order valence-electron chi connectivity index (χ4n) is 4.99. The highest BCUT2D eigenvalue weighted by atomic mass is 19.3. The van der Waals surface area contributed by atoms with Gasteiger partial charge in [-0.05, 0) is 49.9 Å². The Bertz CT molecular complexity index is 870. The summed E-state index contributed by atoms with van der Waals surface area (Å²) in [6.07, 6.45) is 0.247. The van der Waals surface area contributed by atoms with E-state index in [-0.39, 0.29) is 18.4 Å². The molecule has 0 aromatic rings. The zero-order valence-corrected chi connectivity index (χ0v) is 21.8. The number of nitrogens with one attached hydrogen (secondary N) is 3. The summed E-state index contributed by atoms with van der Waals surface area (Å²) in [5, 5.41) is 7.20. The van der Waals surface area contributed by atoms with Gasteiger partial charge in [0.05, 0.1) is 13.2 Å². The molecule has 1 heterocycles. The van der Waals surface area contributed by atoms with Gasteiger partial charge in [-0.25, -0.2) is 13.6 Å². The third-order valence-electron chi connectivity index (χ3n) is 6.89. The Morgan fingerprint density at radius 2 is 1.69 bits per heavy atom. The Morgan fingerprint density at radius 1 is 1.06 bits per heavy atom. The molecule has 1 saturated carbocycles. The van der Waals surface area contributed by atoms with Crippen LogP contribution in [0.5, 0.6) is 0 Å². The van der Waals surface area contributed by atoms with Crippen LogP contribution in [0.2, 0.25) is 0 Å². The van der Waals surface area contributed by atoms with E-state index in [0.717, 1.165) is 6.42 Å². The van der Waals surface area contributed by atoms with Crippen LogP contribution in [0.25, 0.3) is 0 Å². The Kier molecular flexibility index (Phi) is 9.41. The number of Topliss-reactive ketones (excluding diaryl/α,β-unsaturated/α-hetero) is 1. The average Bonchev–Trinajstić information content (AvgIpc) is 3.17. The third-order valence-corrected chi connectivity index (χ3v) is 6.89. The lowest BCUT2D eigenvalue weighted by atomic mass is 9.83. The number of alkyl halides is 2. The van der Waals surface area contributed by atoms with Crippen molar-refractivity contribution in [3.63, 3.8) is 0 Å². The zero-order valence-electron chi connectivity index (χ0n) is 21.8. The minimum atomic E-state index is -3.10.